The molecule has 0 aliphatic carbocycles. The standard InChI is InChI=1S/C13H16F2O2/c1-3-4-5-10(13(16)17-2)9-6-7-11(14)12(15)8-9/h6-8,10H,3-5H2,1-2H3. The van der Waals surface area contributed by atoms with Crippen LogP contribution in [0.4, 0.5) is 8.78 Å². The Morgan fingerprint density at radius 3 is 2.59 bits per heavy atom. The number of rotatable bonds is 5. The van der Waals surface area contributed by atoms with Gasteiger partial charge in [-0.2, -0.15) is 0 Å². The molecule has 1 aromatic rings. The largest absolute Gasteiger partial charge is 0.469 e. The summed E-state index contributed by atoms with van der Waals surface area (Å²) in [6.45, 7) is 2.00. The molecule has 0 N–H and O–H groups in total. The molecule has 1 atom stereocenters. The second-order valence-electron chi connectivity index (χ2n) is 3.89. The van der Waals surface area contributed by atoms with E-state index in [2.05, 4.69) is 4.74 Å². The van der Waals surface area contributed by atoms with E-state index < -0.39 is 23.5 Å². The van der Waals surface area contributed by atoms with E-state index in [1.807, 2.05) is 6.92 Å². The maximum Gasteiger partial charge on any atom is 0.313 e. The summed E-state index contributed by atoms with van der Waals surface area (Å²) in [4.78, 5) is 11.6. The van der Waals surface area contributed by atoms with Crippen molar-refractivity contribution in [2.45, 2.75) is 32.1 Å². The number of esters is 1. The second-order valence-corrected chi connectivity index (χ2v) is 3.89. The Bertz CT molecular complexity index is 391. The highest BCUT2D eigenvalue weighted by Gasteiger charge is 2.21. The molecule has 0 saturated heterocycles. The number of carbonyl (C=O) groups excluding carboxylic acids is 1. The second kappa shape index (κ2) is 6.33. The van der Waals surface area contributed by atoms with Crippen LogP contribution in [0.25, 0.3) is 0 Å². The minimum Gasteiger partial charge on any atom is -0.469 e. The zero-order valence-electron chi connectivity index (χ0n) is 10.0. The van der Waals surface area contributed by atoms with E-state index in [-0.39, 0.29) is 0 Å². The van der Waals surface area contributed by atoms with Gasteiger partial charge in [0.05, 0.1) is 13.0 Å². The van der Waals surface area contributed by atoms with E-state index >= 15 is 0 Å². The molecule has 0 aliphatic rings. The maximum atomic E-state index is 13.1. The van der Waals surface area contributed by atoms with Gasteiger partial charge in [0.15, 0.2) is 11.6 Å². The molecule has 0 aliphatic heterocycles. The fourth-order valence-electron chi connectivity index (χ4n) is 1.70. The number of benzene rings is 1. The molecule has 0 saturated carbocycles. The summed E-state index contributed by atoms with van der Waals surface area (Å²) in [5.74, 6) is -2.78. The highest BCUT2D eigenvalue weighted by molar-refractivity contribution is 5.77. The Morgan fingerprint density at radius 1 is 1.35 bits per heavy atom. The number of unbranched alkanes of at least 4 members (excludes halogenated alkanes) is 1. The number of methoxy groups -OCH3 is 1. The summed E-state index contributed by atoms with van der Waals surface area (Å²) in [5, 5.41) is 0. The third kappa shape index (κ3) is 3.51. The number of carbonyl (C=O) groups is 1. The Hall–Kier alpha value is -1.45. The molecule has 0 radical (unpaired) electrons. The van der Waals surface area contributed by atoms with Crippen molar-refractivity contribution >= 4 is 5.97 Å². The first kappa shape index (κ1) is 13.6. The molecular formula is C13H16F2O2. The molecule has 1 aromatic carbocycles. The van der Waals surface area contributed by atoms with Crippen LogP contribution in [0, 0.1) is 11.6 Å². The predicted octanol–water partition coefficient (Wildman–Crippen LogP) is 3.41. The van der Waals surface area contributed by atoms with Gasteiger partial charge >= 0.3 is 5.97 Å². The fourth-order valence-corrected chi connectivity index (χ4v) is 1.70. The zero-order chi connectivity index (χ0) is 12.8. The first-order valence-corrected chi connectivity index (χ1v) is 5.63. The van der Waals surface area contributed by atoms with Crippen LogP contribution < -0.4 is 0 Å². The molecule has 2 nitrogen and oxygen atoms in total. The molecule has 0 fully saturated rings. The van der Waals surface area contributed by atoms with Gasteiger partial charge in [0.25, 0.3) is 0 Å². The first-order valence-electron chi connectivity index (χ1n) is 5.63. The van der Waals surface area contributed by atoms with E-state index in [9.17, 15) is 13.6 Å². The van der Waals surface area contributed by atoms with Crippen molar-refractivity contribution in [2.75, 3.05) is 7.11 Å². The van der Waals surface area contributed by atoms with Crippen LogP contribution in [0.3, 0.4) is 0 Å². The van der Waals surface area contributed by atoms with Gasteiger partial charge in [-0.05, 0) is 24.1 Å². The predicted molar refractivity (Wildman–Crippen MR) is 60.6 cm³/mol. The minimum atomic E-state index is -0.937. The number of hydrogen-bond acceptors (Lipinski definition) is 2. The van der Waals surface area contributed by atoms with Crippen molar-refractivity contribution in [2.24, 2.45) is 0 Å². The average Bonchev–Trinajstić information content (AvgIpc) is 2.33. The molecule has 0 amide bonds. The van der Waals surface area contributed by atoms with Crippen LogP contribution in [-0.2, 0) is 9.53 Å². The van der Waals surface area contributed by atoms with Gasteiger partial charge in [-0.1, -0.05) is 25.8 Å². The molecule has 0 spiro atoms. The Balaban J connectivity index is 2.95. The number of hydrogen-bond donors (Lipinski definition) is 0. The lowest BCUT2D eigenvalue weighted by Gasteiger charge is -2.14. The lowest BCUT2D eigenvalue weighted by Crippen LogP contribution is -2.14. The van der Waals surface area contributed by atoms with Crippen LogP contribution in [0.1, 0.15) is 37.7 Å². The SMILES string of the molecule is CCCCC(C(=O)OC)c1ccc(F)c(F)c1. The van der Waals surface area contributed by atoms with Gasteiger partial charge < -0.3 is 4.74 Å². The van der Waals surface area contributed by atoms with Crippen molar-refractivity contribution in [3.63, 3.8) is 0 Å². The highest BCUT2D eigenvalue weighted by atomic mass is 19.2. The fraction of sp³-hybridized carbons (Fsp3) is 0.462. The summed E-state index contributed by atoms with van der Waals surface area (Å²) < 4.78 is 30.6. The molecule has 0 heterocycles. The summed E-state index contributed by atoms with van der Waals surface area (Å²) >= 11 is 0. The van der Waals surface area contributed by atoms with Crippen molar-refractivity contribution < 1.29 is 18.3 Å². The van der Waals surface area contributed by atoms with E-state index in [0.29, 0.717) is 12.0 Å². The topological polar surface area (TPSA) is 26.3 Å². The molecule has 0 bridgehead atoms. The van der Waals surface area contributed by atoms with Crippen LogP contribution in [0.15, 0.2) is 18.2 Å². The molecule has 17 heavy (non-hydrogen) atoms. The molecule has 4 heteroatoms. The molecule has 1 rings (SSSR count). The monoisotopic (exact) mass is 242 g/mol. The number of halogens is 2. The van der Waals surface area contributed by atoms with Crippen LogP contribution in [0.2, 0.25) is 0 Å². The van der Waals surface area contributed by atoms with Crippen LogP contribution in [-0.4, -0.2) is 13.1 Å². The van der Waals surface area contributed by atoms with Gasteiger partial charge in [0.2, 0.25) is 0 Å². The molecule has 94 valence electrons. The first-order chi connectivity index (χ1) is 8.10. The maximum absolute atomic E-state index is 13.1. The van der Waals surface area contributed by atoms with E-state index in [1.165, 1.54) is 13.2 Å². The van der Waals surface area contributed by atoms with Crippen LogP contribution in [0.5, 0.6) is 0 Å². The Labute approximate surface area is 99.6 Å². The Morgan fingerprint density at radius 2 is 2.06 bits per heavy atom. The van der Waals surface area contributed by atoms with E-state index in [4.69, 9.17) is 0 Å². The van der Waals surface area contributed by atoms with Crippen molar-refractivity contribution in [1.29, 1.82) is 0 Å². The van der Waals surface area contributed by atoms with Crippen molar-refractivity contribution in [3.05, 3.63) is 35.4 Å². The minimum absolute atomic E-state index is 0.413. The normalized spacial score (nSPS) is 12.2. The molecular weight excluding hydrogens is 226 g/mol. The van der Waals surface area contributed by atoms with Gasteiger partial charge in [-0.3, -0.25) is 4.79 Å². The van der Waals surface area contributed by atoms with Gasteiger partial charge in [-0.15, -0.1) is 0 Å². The highest BCUT2D eigenvalue weighted by Crippen LogP contribution is 2.25. The van der Waals surface area contributed by atoms with Crippen molar-refractivity contribution in [3.8, 4) is 0 Å². The molecule has 0 aromatic heterocycles. The summed E-state index contributed by atoms with van der Waals surface area (Å²) in [5.41, 5.74) is 0.462. The summed E-state index contributed by atoms with van der Waals surface area (Å²) in [6.07, 6.45) is 2.34. The lowest BCUT2D eigenvalue weighted by molar-refractivity contribution is -0.142. The van der Waals surface area contributed by atoms with Gasteiger partial charge in [0.1, 0.15) is 0 Å². The van der Waals surface area contributed by atoms with Gasteiger partial charge in [0, 0.05) is 0 Å². The lowest BCUT2D eigenvalue weighted by atomic mass is 9.93. The third-order valence-electron chi connectivity index (χ3n) is 2.68. The van der Waals surface area contributed by atoms with E-state index in [1.54, 1.807) is 0 Å². The molecule has 1 unspecified atom stereocenters. The third-order valence-corrected chi connectivity index (χ3v) is 2.68. The van der Waals surface area contributed by atoms with Crippen molar-refractivity contribution in [1.82, 2.24) is 0 Å². The summed E-state index contributed by atoms with van der Waals surface area (Å²) in [6, 6.07) is 3.52. The smallest absolute Gasteiger partial charge is 0.313 e. The summed E-state index contributed by atoms with van der Waals surface area (Å²) in [7, 11) is 1.29. The zero-order valence-corrected chi connectivity index (χ0v) is 10.0. The number of ether oxygens (including phenoxy) is 1. The average molecular weight is 242 g/mol. The van der Waals surface area contributed by atoms with Gasteiger partial charge in [-0.25, -0.2) is 8.78 Å². The van der Waals surface area contributed by atoms with E-state index in [0.717, 1.165) is 25.0 Å². The quantitative estimate of drug-likeness (QED) is 0.739. The Kier molecular flexibility index (Phi) is 5.07. The van der Waals surface area contributed by atoms with Crippen LogP contribution >= 0.6 is 0 Å².